The van der Waals surface area contributed by atoms with E-state index in [0.717, 1.165) is 18.7 Å². The summed E-state index contributed by atoms with van der Waals surface area (Å²) in [5, 5.41) is 12.3. The molecule has 0 bridgehead atoms. The summed E-state index contributed by atoms with van der Waals surface area (Å²) >= 11 is 0. The molecule has 2 N–H and O–H groups in total. The molecule has 1 saturated heterocycles. The van der Waals surface area contributed by atoms with Crippen molar-refractivity contribution in [1.82, 2.24) is 5.32 Å². The Kier molecular flexibility index (Phi) is 2.79. The van der Waals surface area contributed by atoms with E-state index < -0.39 is 0 Å². The quantitative estimate of drug-likeness (QED) is 0.741. The lowest BCUT2D eigenvalue weighted by atomic mass is 9.89. The van der Waals surface area contributed by atoms with Gasteiger partial charge < -0.3 is 10.4 Å². The van der Waals surface area contributed by atoms with Crippen LogP contribution in [0.2, 0.25) is 0 Å². The van der Waals surface area contributed by atoms with E-state index in [-0.39, 0.29) is 24.3 Å². The minimum Gasteiger partial charge on any atom is -0.396 e. The van der Waals surface area contributed by atoms with Gasteiger partial charge >= 0.3 is 0 Å². The Morgan fingerprint density at radius 3 is 3.00 bits per heavy atom. The van der Waals surface area contributed by atoms with Crippen LogP contribution in [-0.2, 0) is 0 Å². The molecule has 2 nitrogen and oxygen atoms in total. The lowest BCUT2D eigenvalue weighted by Crippen LogP contribution is -2.14. The van der Waals surface area contributed by atoms with Crippen LogP contribution in [0.25, 0.3) is 0 Å². The molecule has 1 heterocycles. The summed E-state index contributed by atoms with van der Waals surface area (Å²) in [6.07, 6.45) is 0. The van der Waals surface area contributed by atoms with Crippen LogP contribution in [0.15, 0.2) is 24.3 Å². The second kappa shape index (κ2) is 4.07. The van der Waals surface area contributed by atoms with E-state index in [1.807, 2.05) is 6.07 Å². The molecule has 0 spiro atoms. The first kappa shape index (κ1) is 9.62. The van der Waals surface area contributed by atoms with Crippen LogP contribution in [0.5, 0.6) is 0 Å². The summed E-state index contributed by atoms with van der Waals surface area (Å²) in [6, 6.07) is 6.64. The lowest BCUT2D eigenvalue weighted by molar-refractivity contribution is 0.226. The monoisotopic (exact) mass is 195 g/mol. The molecule has 1 aliphatic heterocycles. The van der Waals surface area contributed by atoms with Crippen molar-refractivity contribution in [3.8, 4) is 0 Å². The molecular weight excluding hydrogens is 181 g/mol. The predicted molar refractivity (Wildman–Crippen MR) is 52.6 cm³/mol. The number of rotatable bonds is 2. The number of benzene rings is 1. The summed E-state index contributed by atoms with van der Waals surface area (Å²) in [5.74, 6) is 0.263. The van der Waals surface area contributed by atoms with Gasteiger partial charge in [-0.15, -0.1) is 0 Å². The first-order valence-electron chi connectivity index (χ1n) is 4.88. The number of hydrogen-bond acceptors (Lipinski definition) is 2. The topological polar surface area (TPSA) is 32.3 Å². The van der Waals surface area contributed by atoms with Gasteiger partial charge in [-0.25, -0.2) is 4.39 Å². The van der Waals surface area contributed by atoms with Crippen molar-refractivity contribution in [3.05, 3.63) is 35.6 Å². The molecule has 1 aromatic rings. The molecule has 3 heteroatoms. The molecule has 1 aliphatic rings. The number of aliphatic hydroxyl groups is 1. The highest BCUT2D eigenvalue weighted by atomic mass is 19.1. The molecule has 2 rings (SSSR count). The Hall–Kier alpha value is -0.930. The van der Waals surface area contributed by atoms with Crippen LogP contribution >= 0.6 is 0 Å². The van der Waals surface area contributed by atoms with Crippen molar-refractivity contribution in [1.29, 1.82) is 0 Å². The van der Waals surface area contributed by atoms with Gasteiger partial charge in [-0.05, 0) is 17.7 Å². The van der Waals surface area contributed by atoms with E-state index in [1.165, 1.54) is 6.07 Å². The van der Waals surface area contributed by atoms with Gasteiger partial charge in [0, 0.05) is 31.5 Å². The Morgan fingerprint density at radius 1 is 1.43 bits per heavy atom. The Labute approximate surface area is 82.8 Å². The smallest absolute Gasteiger partial charge is 0.123 e. The van der Waals surface area contributed by atoms with E-state index in [4.69, 9.17) is 5.11 Å². The minimum absolute atomic E-state index is 0.161. The molecule has 1 fully saturated rings. The van der Waals surface area contributed by atoms with E-state index in [9.17, 15) is 4.39 Å². The molecule has 14 heavy (non-hydrogen) atoms. The third kappa shape index (κ3) is 1.79. The Morgan fingerprint density at radius 2 is 2.29 bits per heavy atom. The first-order valence-corrected chi connectivity index (χ1v) is 4.88. The van der Waals surface area contributed by atoms with Gasteiger partial charge in [0.05, 0.1) is 0 Å². The van der Waals surface area contributed by atoms with Crippen LogP contribution in [0.4, 0.5) is 4.39 Å². The molecule has 0 aromatic heterocycles. The van der Waals surface area contributed by atoms with E-state index >= 15 is 0 Å². The zero-order valence-electron chi connectivity index (χ0n) is 7.91. The standard InChI is InChI=1S/C11H14FNO/c12-10-3-1-2-8(4-10)11-6-13-5-9(11)7-14/h1-4,9,11,13-14H,5-7H2/t9-,11-/m1/s1. The zero-order chi connectivity index (χ0) is 9.97. The summed E-state index contributed by atoms with van der Waals surface area (Å²) in [7, 11) is 0. The highest BCUT2D eigenvalue weighted by Crippen LogP contribution is 2.27. The van der Waals surface area contributed by atoms with Gasteiger partial charge in [-0.2, -0.15) is 0 Å². The molecule has 0 radical (unpaired) electrons. The van der Waals surface area contributed by atoms with Crippen molar-refractivity contribution >= 4 is 0 Å². The molecule has 0 saturated carbocycles. The first-order chi connectivity index (χ1) is 6.81. The molecular formula is C11H14FNO. The highest BCUT2D eigenvalue weighted by Gasteiger charge is 2.27. The van der Waals surface area contributed by atoms with Crippen molar-refractivity contribution in [3.63, 3.8) is 0 Å². The molecule has 0 aliphatic carbocycles. The largest absolute Gasteiger partial charge is 0.396 e. The molecule has 76 valence electrons. The number of nitrogens with one attached hydrogen (secondary N) is 1. The van der Waals surface area contributed by atoms with Crippen LogP contribution in [-0.4, -0.2) is 24.8 Å². The normalized spacial score (nSPS) is 26.7. The minimum atomic E-state index is -0.203. The fourth-order valence-electron chi connectivity index (χ4n) is 2.05. The van der Waals surface area contributed by atoms with Gasteiger partial charge in [0.25, 0.3) is 0 Å². The third-order valence-corrected chi connectivity index (χ3v) is 2.85. The van der Waals surface area contributed by atoms with Crippen molar-refractivity contribution in [2.75, 3.05) is 19.7 Å². The van der Waals surface area contributed by atoms with Gasteiger partial charge in [-0.1, -0.05) is 12.1 Å². The van der Waals surface area contributed by atoms with Crippen LogP contribution in [0.3, 0.4) is 0 Å². The summed E-state index contributed by atoms with van der Waals surface area (Å²) in [5.41, 5.74) is 0.981. The molecule has 2 atom stereocenters. The molecule has 0 unspecified atom stereocenters. The number of hydrogen-bond donors (Lipinski definition) is 2. The lowest BCUT2D eigenvalue weighted by Gasteiger charge is -2.16. The Balaban J connectivity index is 2.21. The summed E-state index contributed by atoms with van der Waals surface area (Å²) in [4.78, 5) is 0. The average molecular weight is 195 g/mol. The van der Waals surface area contributed by atoms with Crippen molar-refractivity contribution in [2.24, 2.45) is 5.92 Å². The third-order valence-electron chi connectivity index (χ3n) is 2.85. The van der Waals surface area contributed by atoms with E-state index in [2.05, 4.69) is 5.32 Å². The van der Waals surface area contributed by atoms with Crippen LogP contribution < -0.4 is 5.32 Å². The summed E-state index contributed by atoms with van der Waals surface area (Å²) in [6.45, 7) is 1.81. The maximum Gasteiger partial charge on any atom is 0.123 e. The fraction of sp³-hybridized carbons (Fsp3) is 0.455. The van der Waals surface area contributed by atoms with Crippen molar-refractivity contribution in [2.45, 2.75) is 5.92 Å². The van der Waals surface area contributed by atoms with Gasteiger partial charge in [-0.3, -0.25) is 0 Å². The average Bonchev–Trinajstić information content (AvgIpc) is 2.65. The van der Waals surface area contributed by atoms with Gasteiger partial charge in [0.1, 0.15) is 5.82 Å². The predicted octanol–water partition coefficient (Wildman–Crippen LogP) is 1.12. The van der Waals surface area contributed by atoms with E-state index in [0.29, 0.717) is 0 Å². The van der Waals surface area contributed by atoms with Gasteiger partial charge in [0.2, 0.25) is 0 Å². The number of halogens is 1. The second-order valence-corrected chi connectivity index (χ2v) is 3.76. The highest BCUT2D eigenvalue weighted by molar-refractivity contribution is 5.23. The Bertz CT molecular complexity index is 316. The second-order valence-electron chi connectivity index (χ2n) is 3.76. The van der Waals surface area contributed by atoms with Gasteiger partial charge in [0.15, 0.2) is 0 Å². The van der Waals surface area contributed by atoms with Crippen LogP contribution in [0.1, 0.15) is 11.5 Å². The zero-order valence-corrected chi connectivity index (χ0v) is 7.91. The fourth-order valence-corrected chi connectivity index (χ4v) is 2.05. The van der Waals surface area contributed by atoms with Crippen LogP contribution in [0, 0.1) is 11.7 Å². The SMILES string of the molecule is OC[C@H]1CNC[C@@H]1c1cccc(F)c1. The maximum absolute atomic E-state index is 13.0. The van der Waals surface area contributed by atoms with Crippen molar-refractivity contribution < 1.29 is 9.50 Å². The molecule has 1 aromatic carbocycles. The molecule has 0 amide bonds. The maximum atomic E-state index is 13.0. The number of aliphatic hydroxyl groups excluding tert-OH is 1. The summed E-state index contributed by atoms with van der Waals surface area (Å²) < 4.78 is 13.0. The van der Waals surface area contributed by atoms with E-state index in [1.54, 1.807) is 12.1 Å².